The highest BCUT2D eigenvalue weighted by atomic mass is 16.5. The Kier molecular flexibility index (Phi) is 4.10. The molecule has 1 aromatic rings. The highest BCUT2D eigenvalue weighted by Gasteiger charge is 2.40. The summed E-state index contributed by atoms with van der Waals surface area (Å²) >= 11 is 0. The quantitative estimate of drug-likeness (QED) is 0.869. The highest BCUT2D eigenvalue weighted by molar-refractivity contribution is 5.84. The first-order chi connectivity index (χ1) is 9.05. The van der Waals surface area contributed by atoms with Crippen LogP contribution in [0.4, 0.5) is 0 Å². The Labute approximate surface area is 114 Å². The zero-order chi connectivity index (χ0) is 13.9. The molecule has 0 aromatic heterocycles. The molecule has 1 aromatic carbocycles. The van der Waals surface area contributed by atoms with Crippen molar-refractivity contribution in [2.24, 2.45) is 5.73 Å². The number of benzene rings is 1. The first-order valence-corrected chi connectivity index (χ1v) is 6.78. The molecule has 1 aliphatic rings. The minimum absolute atomic E-state index is 0.0383. The summed E-state index contributed by atoms with van der Waals surface area (Å²) in [6.45, 7) is 2.05. The molecule has 3 N–H and O–H groups in total. The number of nitrogens with two attached hydrogens (primary N) is 1. The number of carbonyl (C=O) groups is 1. The molecule has 4 heteroatoms. The molecule has 2 atom stereocenters. The van der Waals surface area contributed by atoms with Crippen LogP contribution in [0.25, 0.3) is 0 Å². The molecule has 4 nitrogen and oxygen atoms in total. The van der Waals surface area contributed by atoms with Crippen LogP contribution in [-0.4, -0.2) is 24.6 Å². The van der Waals surface area contributed by atoms with Gasteiger partial charge in [0.05, 0.1) is 0 Å². The molecular weight excluding hydrogens is 240 g/mol. The van der Waals surface area contributed by atoms with Crippen LogP contribution in [0.2, 0.25) is 0 Å². The second kappa shape index (κ2) is 5.61. The minimum Gasteiger partial charge on any atom is -0.490 e. The summed E-state index contributed by atoms with van der Waals surface area (Å²) in [7, 11) is 1.79. The van der Waals surface area contributed by atoms with E-state index in [0.717, 1.165) is 25.0 Å². The fourth-order valence-electron chi connectivity index (χ4n) is 2.71. The number of rotatable bonds is 4. The molecule has 1 amide bonds. The van der Waals surface area contributed by atoms with Gasteiger partial charge in [0.2, 0.25) is 5.91 Å². The molecule has 19 heavy (non-hydrogen) atoms. The van der Waals surface area contributed by atoms with Crippen molar-refractivity contribution in [2.75, 3.05) is 7.05 Å². The summed E-state index contributed by atoms with van der Waals surface area (Å²) in [4.78, 5) is 11.7. The van der Waals surface area contributed by atoms with Crippen molar-refractivity contribution in [3.05, 3.63) is 29.8 Å². The van der Waals surface area contributed by atoms with E-state index in [4.69, 9.17) is 10.5 Å². The number of hydrogen-bond acceptors (Lipinski definition) is 3. The summed E-state index contributed by atoms with van der Waals surface area (Å²) in [6, 6.07) is 7.99. The normalized spacial score (nSPS) is 26.9. The van der Waals surface area contributed by atoms with E-state index in [9.17, 15) is 4.79 Å². The number of ether oxygens (including phenoxy) is 1. The highest BCUT2D eigenvalue weighted by Crippen LogP contribution is 2.30. The molecule has 0 aliphatic heterocycles. The van der Waals surface area contributed by atoms with Crippen LogP contribution < -0.4 is 15.8 Å². The van der Waals surface area contributed by atoms with Gasteiger partial charge in [0.1, 0.15) is 17.4 Å². The number of likely N-dealkylation sites (N-methyl/N-ethyl adjacent to an activating group) is 1. The Morgan fingerprint density at radius 3 is 2.68 bits per heavy atom. The molecule has 0 radical (unpaired) electrons. The third-order valence-electron chi connectivity index (χ3n) is 3.98. The lowest BCUT2D eigenvalue weighted by Crippen LogP contribution is -2.58. The number of carbonyl (C=O) groups excluding carboxylic acids is 1. The molecule has 2 rings (SSSR count). The first kappa shape index (κ1) is 13.9. The van der Waals surface area contributed by atoms with Crippen LogP contribution in [-0.2, 0) is 4.79 Å². The van der Waals surface area contributed by atoms with Crippen LogP contribution in [0, 0.1) is 6.92 Å². The maximum absolute atomic E-state index is 11.7. The second-order valence-corrected chi connectivity index (χ2v) is 5.35. The van der Waals surface area contributed by atoms with E-state index in [1.807, 2.05) is 31.2 Å². The van der Waals surface area contributed by atoms with E-state index in [0.29, 0.717) is 6.42 Å². The van der Waals surface area contributed by atoms with Gasteiger partial charge in [-0.2, -0.15) is 0 Å². The third-order valence-corrected chi connectivity index (χ3v) is 3.98. The Morgan fingerprint density at radius 2 is 2.11 bits per heavy atom. The van der Waals surface area contributed by atoms with Crippen LogP contribution in [0.5, 0.6) is 5.75 Å². The van der Waals surface area contributed by atoms with E-state index in [-0.39, 0.29) is 12.0 Å². The first-order valence-electron chi connectivity index (χ1n) is 6.78. The SMILES string of the molecule is CNC1(C(N)=O)CCCC(Oc2ccc(C)cc2)C1. The fourth-order valence-corrected chi connectivity index (χ4v) is 2.71. The topological polar surface area (TPSA) is 64.3 Å². The second-order valence-electron chi connectivity index (χ2n) is 5.35. The van der Waals surface area contributed by atoms with Crippen molar-refractivity contribution >= 4 is 5.91 Å². The predicted molar refractivity (Wildman–Crippen MR) is 75.0 cm³/mol. The van der Waals surface area contributed by atoms with Crippen molar-refractivity contribution in [1.29, 1.82) is 0 Å². The average Bonchev–Trinajstić information content (AvgIpc) is 2.41. The molecule has 2 unspecified atom stereocenters. The van der Waals surface area contributed by atoms with Gasteiger partial charge >= 0.3 is 0 Å². The molecule has 0 saturated heterocycles. The molecule has 1 aliphatic carbocycles. The lowest BCUT2D eigenvalue weighted by Gasteiger charge is -2.38. The fraction of sp³-hybridized carbons (Fsp3) is 0.533. The van der Waals surface area contributed by atoms with Crippen molar-refractivity contribution in [2.45, 2.75) is 44.2 Å². The van der Waals surface area contributed by atoms with Crippen molar-refractivity contribution in [3.63, 3.8) is 0 Å². The summed E-state index contributed by atoms with van der Waals surface area (Å²) in [5.41, 5.74) is 6.12. The standard InChI is InChI=1S/C15H22N2O2/c1-11-5-7-12(8-6-11)19-13-4-3-9-15(10-13,17-2)14(16)18/h5-8,13,17H,3-4,9-10H2,1-2H3,(H2,16,18). The van der Waals surface area contributed by atoms with E-state index in [1.54, 1.807) is 7.05 Å². The van der Waals surface area contributed by atoms with Crippen LogP contribution in [0.1, 0.15) is 31.2 Å². The molecule has 104 valence electrons. The van der Waals surface area contributed by atoms with Crippen molar-refractivity contribution in [1.82, 2.24) is 5.32 Å². The van der Waals surface area contributed by atoms with Crippen molar-refractivity contribution in [3.8, 4) is 5.75 Å². The lowest BCUT2D eigenvalue weighted by atomic mass is 9.79. The molecule has 0 bridgehead atoms. The van der Waals surface area contributed by atoms with Crippen LogP contribution >= 0.6 is 0 Å². The number of primary amides is 1. The Morgan fingerprint density at radius 1 is 1.42 bits per heavy atom. The maximum atomic E-state index is 11.7. The Balaban J connectivity index is 2.05. The Hall–Kier alpha value is -1.55. The van der Waals surface area contributed by atoms with Gasteiger partial charge in [-0.05, 0) is 45.4 Å². The van der Waals surface area contributed by atoms with Gasteiger partial charge in [-0.1, -0.05) is 17.7 Å². The van der Waals surface area contributed by atoms with Gasteiger partial charge in [-0.25, -0.2) is 0 Å². The molecule has 1 saturated carbocycles. The predicted octanol–water partition coefficient (Wildman–Crippen LogP) is 1.76. The minimum atomic E-state index is -0.617. The van der Waals surface area contributed by atoms with Gasteiger partial charge in [0, 0.05) is 6.42 Å². The maximum Gasteiger partial charge on any atom is 0.237 e. The van der Waals surface area contributed by atoms with E-state index < -0.39 is 5.54 Å². The summed E-state index contributed by atoms with van der Waals surface area (Å²) in [5.74, 6) is 0.569. The largest absolute Gasteiger partial charge is 0.490 e. The van der Waals surface area contributed by atoms with E-state index >= 15 is 0 Å². The lowest BCUT2D eigenvalue weighted by molar-refractivity contribution is -0.126. The monoisotopic (exact) mass is 262 g/mol. The van der Waals surface area contributed by atoms with E-state index in [1.165, 1.54) is 5.56 Å². The number of aryl methyl sites for hydroxylation is 1. The summed E-state index contributed by atoms with van der Waals surface area (Å²) in [6.07, 6.45) is 3.36. The number of nitrogens with one attached hydrogen (secondary N) is 1. The molecular formula is C15H22N2O2. The number of amides is 1. The molecule has 1 fully saturated rings. The average molecular weight is 262 g/mol. The zero-order valence-electron chi connectivity index (χ0n) is 11.6. The van der Waals surface area contributed by atoms with Gasteiger partial charge in [-0.3, -0.25) is 4.79 Å². The van der Waals surface area contributed by atoms with Gasteiger partial charge in [0.15, 0.2) is 0 Å². The van der Waals surface area contributed by atoms with Gasteiger partial charge in [-0.15, -0.1) is 0 Å². The van der Waals surface area contributed by atoms with E-state index in [2.05, 4.69) is 5.32 Å². The molecule has 0 heterocycles. The van der Waals surface area contributed by atoms with Crippen molar-refractivity contribution < 1.29 is 9.53 Å². The zero-order valence-corrected chi connectivity index (χ0v) is 11.6. The van der Waals surface area contributed by atoms with Crippen LogP contribution in [0.15, 0.2) is 24.3 Å². The molecule has 0 spiro atoms. The van der Waals surface area contributed by atoms with Crippen LogP contribution in [0.3, 0.4) is 0 Å². The smallest absolute Gasteiger partial charge is 0.237 e. The third kappa shape index (κ3) is 3.07. The number of hydrogen-bond donors (Lipinski definition) is 2. The van der Waals surface area contributed by atoms with Gasteiger partial charge < -0.3 is 15.8 Å². The summed E-state index contributed by atoms with van der Waals surface area (Å²) < 4.78 is 5.97. The summed E-state index contributed by atoms with van der Waals surface area (Å²) in [5, 5.41) is 3.09. The Bertz CT molecular complexity index is 444. The van der Waals surface area contributed by atoms with Gasteiger partial charge in [0.25, 0.3) is 0 Å².